The van der Waals surface area contributed by atoms with Crippen LogP contribution in [-0.2, 0) is 14.2 Å². The maximum Gasteiger partial charge on any atom is 0.0734 e. The van der Waals surface area contributed by atoms with Crippen molar-refractivity contribution in [2.45, 2.75) is 160 Å². The molecule has 3 aliphatic heterocycles. The smallest absolute Gasteiger partial charge is 0.0734 e. The van der Waals surface area contributed by atoms with E-state index in [-0.39, 0.29) is 0 Å². The van der Waals surface area contributed by atoms with E-state index in [9.17, 15) is 0 Å². The second kappa shape index (κ2) is 11.5. The summed E-state index contributed by atoms with van der Waals surface area (Å²) in [6.45, 7) is 20.1. The van der Waals surface area contributed by atoms with Gasteiger partial charge in [-0.2, -0.15) is 0 Å². The average Bonchev–Trinajstić information content (AvgIpc) is 3.26. The lowest BCUT2D eigenvalue weighted by molar-refractivity contribution is -0.143. The van der Waals surface area contributed by atoms with Crippen molar-refractivity contribution in [1.29, 1.82) is 0 Å². The molecular weight excluding hydrogens is 450 g/mol. The largest absolute Gasteiger partial charge is 0.378 e. The van der Waals surface area contributed by atoms with Gasteiger partial charge in [0.1, 0.15) is 0 Å². The Labute approximate surface area is 221 Å². The summed E-state index contributed by atoms with van der Waals surface area (Å²) in [4.78, 5) is 8.44. The van der Waals surface area contributed by atoms with Gasteiger partial charge >= 0.3 is 0 Å². The number of morpholine rings is 3. The third kappa shape index (κ3) is 5.29. The van der Waals surface area contributed by atoms with E-state index in [1.54, 1.807) is 0 Å². The molecule has 0 aromatic heterocycles. The van der Waals surface area contributed by atoms with Crippen LogP contribution in [0.25, 0.3) is 0 Å². The van der Waals surface area contributed by atoms with Crippen LogP contribution in [0.15, 0.2) is 0 Å². The summed E-state index contributed by atoms with van der Waals surface area (Å²) >= 11 is 0. The zero-order chi connectivity index (χ0) is 25.6. The molecular formula is C30H55N3O3. The van der Waals surface area contributed by atoms with Crippen molar-refractivity contribution in [2.75, 3.05) is 26.4 Å². The standard InChI is InChI=1S/C30H55N3O3/c1-19(2)31-22(7)15-34-16-24(31)14-25-17-35-30-13-23(12-27(30)32(25)20(3)4)28-18-36-29-11-9-8-10-26(29)33(28)21(5)6/h19-30H,8-18H2,1-7H3/t22-,23?,24-,25?,26?,27?,28?,29?,30?/m0/s1. The molecule has 36 heavy (non-hydrogen) atoms. The molecule has 208 valence electrons. The monoisotopic (exact) mass is 505 g/mol. The summed E-state index contributed by atoms with van der Waals surface area (Å²) in [6, 6.07) is 4.78. The molecule has 0 aromatic rings. The van der Waals surface area contributed by atoms with Gasteiger partial charge < -0.3 is 14.2 Å². The molecule has 0 amide bonds. The van der Waals surface area contributed by atoms with Crippen molar-refractivity contribution in [3.05, 3.63) is 0 Å². The van der Waals surface area contributed by atoms with Crippen molar-refractivity contribution >= 4 is 0 Å². The number of fused-ring (bicyclic) bond motifs is 2. The fourth-order valence-corrected chi connectivity index (χ4v) is 9.06. The zero-order valence-corrected chi connectivity index (χ0v) is 24.3. The molecule has 7 unspecified atom stereocenters. The molecule has 9 atom stereocenters. The van der Waals surface area contributed by atoms with Gasteiger partial charge in [-0.1, -0.05) is 12.8 Å². The fourth-order valence-electron chi connectivity index (χ4n) is 9.06. The summed E-state index contributed by atoms with van der Waals surface area (Å²) < 4.78 is 19.3. The van der Waals surface area contributed by atoms with Crippen LogP contribution >= 0.6 is 0 Å². The van der Waals surface area contributed by atoms with Gasteiger partial charge in [0.2, 0.25) is 0 Å². The SMILES string of the molecule is CC(C)N1C(C[C@H]2COC[C@H](C)N2C(C)C)COC2CC(C3COC4CCCCC4N3C(C)C)CC21. The van der Waals surface area contributed by atoms with E-state index in [1.807, 2.05) is 0 Å². The van der Waals surface area contributed by atoms with Crippen molar-refractivity contribution < 1.29 is 14.2 Å². The van der Waals surface area contributed by atoms with Crippen LogP contribution in [0.4, 0.5) is 0 Å². The average molecular weight is 506 g/mol. The Morgan fingerprint density at radius 2 is 1.31 bits per heavy atom. The first-order valence-electron chi connectivity index (χ1n) is 15.4. The fraction of sp³-hybridized carbons (Fsp3) is 1.00. The molecule has 2 aliphatic carbocycles. The van der Waals surface area contributed by atoms with Gasteiger partial charge in [-0.25, -0.2) is 0 Å². The topological polar surface area (TPSA) is 37.4 Å². The first-order valence-corrected chi connectivity index (χ1v) is 15.4. The van der Waals surface area contributed by atoms with E-state index in [2.05, 4.69) is 63.2 Å². The summed E-state index contributed by atoms with van der Waals surface area (Å²) in [5.41, 5.74) is 0. The number of hydrogen-bond acceptors (Lipinski definition) is 6. The van der Waals surface area contributed by atoms with Crippen LogP contribution < -0.4 is 0 Å². The first-order chi connectivity index (χ1) is 17.3. The molecule has 6 heteroatoms. The Bertz CT molecular complexity index is 718. The zero-order valence-electron chi connectivity index (χ0n) is 24.3. The van der Waals surface area contributed by atoms with Gasteiger partial charge in [0.05, 0.1) is 38.6 Å². The number of rotatable bonds is 6. The van der Waals surface area contributed by atoms with Crippen molar-refractivity contribution in [3.63, 3.8) is 0 Å². The second-order valence-corrected chi connectivity index (χ2v) is 13.5. The summed E-state index contributed by atoms with van der Waals surface area (Å²) in [5, 5.41) is 0. The number of nitrogens with zero attached hydrogens (tertiary/aromatic N) is 3. The highest BCUT2D eigenvalue weighted by atomic mass is 16.5. The van der Waals surface area contributed by atoms with Gasteiger partial charge in [0.25, 0.3) is 0 Å². The lowest BCUT2D eigenvalue weighted by atomic mass is 9.84. The van der Waals surface area contributed by atoms with E-state index in [0.29, 0.717) is 72.5 Å². The van der Waals surface area contributed by atoms with E-state index in [1.165, 1.54) is 38.5 Å². The quantitative estimate of drug-likeness (QED) is 0.527. The van der Waals surface area contributed by atoms with Crippen molar-refractivity contribution in [3.8, 4) is 0 Å². The molecule has 3 saturated heterocycles. The minimum atomic E-state index is 0.370. The highest BCUT2D eigenvalue weighted by Crippen LogP contribution is 2.44. The first kappa shape index (κ1) is 27.3. The van der Waals surface area contributed by atoms with Crippen LogP contribution in [0.1, 0.15) is 93.4 Å². The maximum absolute atomic E-state index is 6.72. The van der Waals surface area contributed by atoms with E-state index < -0.39 is 0 Å². The van der Waals surface area contributed by atoms with Crippen LogP contribution in [0.3, 0.4) is 0 Å². The minimum absolute atomic E-state index is 0.370. The minimum Gasteiger partial charge on any atom is -0.378 e. The normalized spacial score (nSPS) is 43.3. The van der Waals surface area contributed by atoms with Crippen LogP contribution in [0.2, 0.25) is 0 Å². The number of hydrogen-bond donors (Lipinski definition) is 0. The van der Waals surface area contributed by atoms with Crippen molar-refractivity contribution in [2.24, 2.45) is 5.92 Å². The lowest BCUT2D eigenvalue weighted by Crippen LogP contribution is -2.62. The molecule has 0 aromatic carbocycles. The van der Waals surface area contributed by atoms with Crippen LogP contribution in [-0.4, -0.2) is 108 Å². The Hall–Kier alpha value is -0.240. The molecule has 0 radical (unpaired) electrons. The predicted octanol–water partition coefficient (Wildman–Crippen LogP) is 4.55. The molecule has 2 saturated carbocycles. The molecule has 5 aliphatic rings. The van der Waals surface area contributed by atoms with Gasteiger partial charge in [0, 0.05) is 54.4 Å². The van der Waals surface area contributed by atoms with Crippen LogP contribution in [0, 0.1) is 5.92 Å². The predicted molar refractivity (Wildman–Crippen MR) is 145 cm³/mol. The second-order valence-electron chi connectivity index (χ2n) is 13.5. The molecule has 0 N–H and O–H groups in total. The summed E-state index contributed by atoms with van der Waals surface area (Å²) in [5.74, 6) is 0.662. The molecule has 5 rings (SSSR count). The molecule has 6 nitrogen and oxygen atoms in total. The third-order valence-electron chi connectivity index (χ3n) is 10.2. The van der Waals surface area contributed by atoms with Gasteiger partial charge in [-0.05, 0) is 86.5 Å². The molecule has 5 fully saturated rings. The Kier molecular flexibility index (Phi) is 8.71. The summed E-state index contributed by atoms with van der Waals surface area (Å²) in [7, 11) is 0. The third-order valence-corrected chi connectivity index (χ3v) is 10.2. The Morgan fingerprint density at radius 1 is 0.639 bits per heavy atom. The van der Waals surface area contributed by atoms with E-state index >= 15 is 0 Å². The molecule has 0 spiro atoms. The van der Waals surface area contributed by atoms with E-state index in [0.717, 1.165) is 32.8 Å². The maximum atomic E-state index is 6.72. The number of ether oxygens (including phenoxy) is 3. The Balaban J connectivity index is 1.30. The van der Waals surface area contributed by atoms with Crippen molar-refractivity contribution in [1.82, 2.24) is 14.7 Å². The molecule has 3 heterocycles. The van der Waals surface area contributed by atoms with Crippen LogP contribution in [0.5, 0.6) is 0 Å². The Morgan fingerprint density at radius 3 is 2.03 bits per heavy atom. The van der Waals surface area contributed by atoms with E-state index in [4.69, 9.17) is 14.2 Å². The highest BCUT2D eigenvalue weighted by Gasteiger charge is 2.51. The highest BCUT2D eigenvalue weighted by molar-refractivity contribution is 5.04. The van der Waals surface area contributed by atoms with Gasteiger partial charge in [0.15, 0.2) is 0 Å². The van der Waals surface area contributed by atoms with Gasteiger partial charge in [-0.15, -0.1) is 0 Å². The summed E-state index contributed by atoms with van der Waals surface area (Å²) in [6.07, 6.45) is 9.66. The van der Waals surface area contributed by atoms with Gasteiger partial charge in [-0.3, -0.25) is 14.7 Å². The lowest BCUT2D eigenvalue weighted by Gasteiger charge is -2.52. The molecule has 0 bridgehead atoms.